The van der Waals surface area contributed by atoms with E-state index >= 15 is 4.39 Å². The molecule has 2 atom stereocenters. The van der Waals surface area contributed by atoms with E-state index < -0.39 is 107 Å². The Morgan fingerprint density at radius 1 is 0.408 bits per heavy atom. The summed E-state index contributed by atoms with van der Waals surface area (Å²) in [5.41, 5.74) is 11.4. The Morgan fingerprint density at radius 2 is 0.690 bits per heavy atom. The van der Waals surface area contributed by atoms with Crippen molar-refractivity contribution in [3.8, 4) is 46.0 Å². The van der Waals surface area contributed by atoms with Crippen LogP contribution < -0.4 is 43.6 Å². The Morgan fingerprint density at radius 3 is 0.993 bits per heavy atom. The summed E-state index contributed by atoms with van der Waals surface area (Å²) in [7, 11) is 7.36. The fourth-order valence-corrected chi connectivity index (χ4v) is 17.7. The van der Waals surface area contributed by atoms with Crippen molar-refractivity contribution in [2.75, 3.05) is 32.2 Å². The molecular formula is C104H99Cl4F10N3O20S. The summed E-state index contributed by atoms with van der Waals surface area (Å²) in [5.74, 6) is -2.74. The summed E-state index contributed by atoms with van der Waals surface area (Å²) in [6, 6.07) is 66.7. The van der Waals surface area contributed by atoms with Crippen molar-refractivity contribution in [2.45, 2.75) is 202 Å². The second-order valence-corrected chi connectivity index (χ2v) is 39.7. The lowest BCUT2D eigenvalue weighted by Crippen LogP contribution is -2.30. The first-order valence-corrected chi connectivity index (χ1v) is 48.1. The third-order valence-electron chi connectivity index (χ3n) is 25.1. The first-order chi connectivity index (χ1) is 66.8. The molecule has 12 aromatic rings. The third-order valence-corrected chi connectivity index (χ3v) is 25.8. The summed E-state index contributed by atoms with van der Waals surface area (Å²) >= 11 is 11.0. The number of rotatable bonds is 32. The number of aromatic nitrogens is 2. The molecule has 4 saturated carbocycles. The van der Waals surface area contributed by atoms with Gasteiger partial charge in [-0.25, -0.2) is 13.0 Å². The lowest BCUT2D eigenvalue weighted by Gasteiger charge is -2.28. The highest BCUT2D eigenvalue weighted by molar-refractivity contribution is 8.26. The predicted octanol–water partition coefficient (Wildman–Crippen LogP) is 22.9. The number of hydrogen-bond acceptors (Lipinski definition) is 20. The van der Waals surface area contributed by atoms with Gasteiger partial charge in [0.2, 0.25) is 19.7 Å². The van der Waals surface area contributed by atoms with Crippen molar-refractivity contribution >= 4 is 104 Å². The highest BCUT2D eigenvalue weighted by atomic mass is 36.0. The summed E-state index contributed by atoms with van der Waals surface area (Å²) in [4.78, 5) is 47.5. The molecule has 0 amide bonds. The molecule has 4 fully saturated rings. The topological polar surface area (TPSA) is 293 Å². The zero-order valence-corrected chi connectivity index (χ0v) is 79.8. The number of fused-ring (bicyclic) bond motifs is 6. The molecule has 0 radical (unpaired) electrons. The average Bonchev–Trinajstić information content (AvgIpc) is 1.59. The number of carbonyl (C=O) groups excluding carboxylic acids is 3. The van der Waals surface area contributed by atoms with Gasteiger partial charge in [-0.15, -0.1) is 35.1 Å². The molecule has 6 heterocycles. The van der Waals surface area contributed by atoms with Gasteiger partial charge in [-0.3, -0.25) is 19.2 Å². The summed E-state index contributed by atoms with van der Waals surface area (Å²) in [5, 5.41) is 31.6. The second kappa shape index (κ2) is 43.1. The van der Waals surface area contributed by atoms with Crippen molar-refractivity contribution in [3.63, 3.8) is 0 Å². The normalized spacial score (nSPS) is 17.3. The van der Waals surface area contributed by atoms with E-state index in [1.54, 1.807) is 30.3 Å². The average molecular weight is 2070 g/mol. The van der Waals surface area contributed by atoms with Crippen molar-refractivity contribution in [2.24, 2.45) is 0 Å². The fourth-order valence-electron chi connectivity index (χ4n) is 17.1. The van der Waals surface area contributed by atoms with Gasteiger partial charge in [0.25, 0.3) is 0 Å². The van der Waals surface area contributed by atoms with Gasteiger partial charge in [0.15, 0.2) is 46.0 Å². The van der Waals surface area contributed by atoms with Gasteiger partial charge in [-0.1, -0.05) is 181 Å². The van der Waals surface area contributed by atoms with Crippen LogP contribution in [0.2, 0.25) is 0 Å². The summed E-state index contributed by atoms with van der Waals surface area (Å²) in [6.45, 7) is 11.4. The highest BCUT2D eigenvalue weighted by Crippen LogP contribution is 2.57. The van der Waals surface area contributed by atoms with E-state index in [0.717, 1.165) is 44.4 Å². The molecule has 4 aliphatic carbocycles. The maximum Gasteiger partial charge on any atom is 0.586 e. The molecule has 0 spiro atoms. The smallest absolute Gasteiger partial charge is 0.481 e. The molecule has 0 bridgehead atoms. The molecule has 23 nitrogen and oxygen atoms in total. The van der Waals surface area contributed by atoms with Crippen LogP contribution in [-0.2, 0) is 126 Å². The number of carboxylic acid groups (broad SMARTS) is 1. The van der Waals surface area contributed by atoms with Crippen LogP contribution in [0, 0.1) is 11.6 Å². The van der Waals surface area contributed by atoms with Gasteiger partial charge in [0, 0.05) is 66.8 Å². The van der Waals surface area contributed by atoms with Crippen LogP contribution in [-0.4, -0.2) is 115 Å². The Labute approximate surface area is 831 Å². The molecule has 20 rings (SSSR count). The summed E-state index contributed by atoms with van der Waals surface area (Å²) < 4.78 is 206. The van der Waals surface area contributed by atoms with E-state index in [2.05, 4.69) is 73.1 Å². The van der Waals surface area contributed by atoms with Crippen LogP contribution in [0.4, 0.5) is 49.6 Å². The van der Waals surface area contributed by atoms with Crippen LogP contribution in [0.25, 0.3) is 21.8 Å². The highest BCUT2D eigenvalue weighted by Gasteiger charge is 2.57. The first-order valence-electron chi connectivity index (χ1n) is 44.5. The maximum absolute atomic E-state index is 16.0. The van der Waals surface area contributed by atoms with Gasteiger partial charge in [-0.2, -0.15) is 0 Å². The van der Waals surface area contributed by atoms with Crippen molar-refractivity contribution < 1.29 is 139 Å². The first kappa shape index (κ1) is 106. The fraction of sp³-hybridized carbons (Fsp3) is 0.346. The number of nitrogens with zero attached hydrogens (tertiary/aromatic N) is 2. The zero-order chi connectivity index (χ0) is 101. The number of aliphatic carboxylic acids is 1. The molecule has 0 saturated heterocycles. The number of nitrogens with two attached hydrogens (primary N) is 1. The van der Waals surface area contributed by atoms with Crippen molar-refractivity contribution in [3.05, 3.63) is 304 Å². The SMILES string of the molecule is C.CC(C)(COCc1ccccc1)c1cc2cc(CC(=O)C3(c4ccc5c(c4)OC(F)(F)O5)CC3)c(F)cc2n1C[C@@H](O)COCc1ccccc1.CC(C)(COCc1ccccc1)c1cc2cc(N)c(F)cc2n1C[C@@H](O)COCc1ccccc1.O=C(Cl)C1(c2ccc3c(c2)OC(F)(F)O3)CC1.O=C(Cl)C1(c2ccc3c(c2)OC(F)(F)O3)CC1.O=C(O)C1(c2ccc3c(c2)OC(F)(F)O3)CC1.O=S(Cl)Cl. The Bertz CT molecular complexity index is 6370. The molecular weight excluding hydrogens is 1980 g/mol. The van der Waals surface area contributed by atoms with E-state index in [9.17, 15) is 68.9 Å². The number of carboxylic acids is 1. The molecule has 2 aromatic heterocycles. The van der Waals surface area contributed by atoms with E-state index in [-0.39, 0.29) is 103 Å². The van der Waals surface area contributed by atoms with Crippen LogP contribution in [0.5, 0.6) is 46.0 Å². The van der Waals surface area contributed by atoms with Crippen LogP contribution in [0.1, 0.15) is 148 Å². The van der Waals surface area contributed by atoms with Gasteiger partial charge in [0.05, 0.1) is 117 Å². The minimum Gasteiger partial charge on any atom is -0.481 e. The summed E-state index contributed by atoms with van der Waals surface area (Å²) in [6.07, 6.45) is -11.9. The standard InChI is InChI=1S/C41H40F3NO6.C29H33FN2O3.2C11H7ClF2O3.C11H8F2O4.CH4.Cl2OS/c1-39(2,26-49-24-28-11-7-4-8-12-28)37-18-30-17-29(19-38(47)40(15-16-40)31-13-14-35-36(20-31)51-41(43,44)50-35)33(42)21-34(30)45(37)22-32(46)25-48-23-27-9-5-3-6-10-27;1-29(2,20-35-18-22-11-7-4-8-12-22)28-14-23-13-26(31)25(30)15-27(23)32(28)16-24(33)19-34-17-21-9-5-3-6-10-21;2*12-9(15)10(3-4-10)6-1-2-7-8(5-6)17-11(13,14)16-7;12-11(13)16-7-2-1-6(5-8(7)17-11)10(3-4-10)9(14)15;;1-4(2)3/h3-14,17-18,20-21,32,46H,15-16,19,22-26H2,1-2H3;3-15,24,33H,16-20,31H2,1-2H3;2*1-2,5H,3-4H2;1-2,5H,3-4H2,(H,14,15);1H4;/t32-;24-;;;;;/m11...../s1. The Kier molecular flexibility index (Phi) is 32.2. The number of benzene rings is 10. The van der Waals surface area contributed by atoms with Crippen molar-refractivity contribution in [1.82, 2.24) is 9.13 Å². The minimum absolute atomic E-state index is 0. The van der Waals surface area contributed by atoms with Gasteiger partial charge >= 0.3 is 31.1 Å². The molecule has 142 heavy (non-hydrogen) atoms. The Hall–Kier alpha value is -11.7. The van der Waals surface area contributed by atoms with E-state index in [0.29, 0.717) is 124 Å². The quantitative estimate of drug-likeness (QED) is 0.0173. The number of ether oxygens (including phenoxy) is 12. The molecule has 38 heteroatoms. The van der Waals surface area contributed by atoms with Gasteiger partial charge in [0.1, 0.15) is 17.4 Å². The largest absolute Gasteiger partial charge is 0.586 e. The van der Waals surface area contributed by atoms with Crippen LogP contribution in [0.3, 0.4) is 0 Å². The van der Waals surface area contributed by atoms with Crippen molar-refractivity contribution in [1.29, 1.82) is 0 Å². The molecule has 4 aliphatic heterocycles. The van der Waals surface area contributed by atoms with Gasteiger partial charge < -0.3 is 87.0 Å². The number of alkyl halides is 8. The number of carbonyl (C=O) groups is 4. The van der Waals surface area contributed by atoms with Crippen LogP contribution >= 0.6 is 44.6 Å². The molecule has 754 valence electrons. The lowest BCUT2D eigenvalue weighted by atomic mass is 9.87. The number of anilines is 1. The molecule has 5 N–H and O–H groups in total. The minimum atomic E-state index is -3.76. The number of hydrogen-bond donors (Lipinski definition) is 4. The predicted molar refractivity (Wildman–Crippen MR) is 510 cm³/mol. The van der Waals surface area contributed by atoms with E-state index in [1.165, 1.54) is 66.7 Å². The molecule has 8 aliphatic rings. The maximum atomic E-state index is 16.0. The number of ketones is 1. The Balaban J connectivity index is 0.000000151. The van der Waals surface area contributed by atoms with E-state index in [4.69, 9.17) is 57.2 Å². The molecule has 0 unspecified atom stereocenters. The van der Waals surface area contributed by atoms with Crippen LogP contribution in [0.15, 0.2) is 231 Å². The number of nitrogen functional groups attached to an aromatic ring is 1. The zero-order valence-electron chi connectivity index (χ0n) is 76.0. The van der Waals surface area contributed by atoms with E-state index in [1.807, 2.05) is 156 Å². The second-order valence-electron chi connectivity index (χ2n) is 36.5. The molecule has 10 aromatic carbocycles. The number of aliphatic hydroxyl groups is 2. The third kappa shape index (κ3) is 25.4. The lowest BCUT2D eigenvalue weighted by molar-refractivity contribution is -0.287. The number of Topliss-reactive ketones (excluding diaryl/α,β-unsaturated/α-hetero) is 1. The monoisotopic (exact) mass is 2070 g/mol. The number of aliphatic hydroxyl groups excluding tert-OH is 2. The number of halogens is 14. The van der Waals surface area contributed by atoms with Gasteiger partial charge in [-0.05, 0) is 204 Å².